The molecule has 1 aromatic carbocycles. The van der Waals surface area contributed by atoms with Crippen molar-refractivity contribution in [2.45, 2.75) is 13.5 Å². The van der Waals surface area contributed by atoms with Crippen LogP contribution < -0.4 is 5.56 Å². The summed E-state index contributed by atoms with van der Waals surface area (Å²) in [4.78, 5) is 11.4. The number of halogens is 1. The predicted octanol–water partition coefficient (Wildman–Crippen LogP) is 2.16. The quantitative estimate of drug-likeness (QED) is 0.677. The number of rotatable bonds is 1. The van der Waals surface area contributed by atoms with Crippen molar-refractivity contribution in [1.29, 1.82) is 0 Å². The van der Waals surface area contributed by atoms with Crippen LogP contribution in [0.25, 0.3) is 10.9 Å². The van der Waals surface area contributed by atoms with Crippen LogP contribution in [-0.2, 0) is 6.54 Å². The largest absolute Gasteiger partial charge is 0.308 e. The first-order valence-corrected chi connectivity index (χ1v) is 4.51. The summed E-state index contributed by atoms with van der Waals surface area (Å²) in [7, 11) is 0. The molecule has 72 valence electrons. The normalized spacial score (nSPS) is 10.7. The van der Waals surface area contributed by atoms with Gasteiger partial charge in [0.1, 0.15) is 5.82 Å². The van der Waals surface area contributed by atoms with E-state index in [1.54, 1.807) is 16.7 Å². The number of benzene rings is 1. The molecule has 14 heavy (non-hydrogen) atoms. The summed E-state index contributed by atoms with van der Waals surface area (Å²) in [5.74, 6) is -0.315. The Morgan fingerprint density at radius 3 is 2.71 bits per heavy atom. The maximum absolute atomic E-state index is 13.0. The molecule has 2 aromatic rings. The van der Waals surface area contributed by atoms with Gasteiger partial charge in [-0.25, -0.2) is 4.39 Å². The standard InChI is InChI=1S/C11H10FNO/c1-2-13-10-7-9(12)5-3-8(10)4-6-11(13)14/h3-7H,2H2,1H3. The lowest BCUT2D eigenvalue weighted by Gasteiger charge is -2.06. The Labute approximate surface area is 80.6 Å². The Morgan fingerprint density at radius 2 is 2.00 bits per heavy atom. The van der Waals surface area contributed by atoms with Gasteiger partial charge in [-0.15, -0.1) is 0 Å². The third-order valence-corrected chi connectivity index (χ3v) is 2.27. The molecule has 0 aliphatic rings. The molecule has 0 fully saturated rings. The molecule has 0 aliphatic heterocycles. The molecule has 0 amide bonds. The minimum atomic E-state index is -0.315. The second kappa shape index (κ2) is 3.25. The van der Waals surface area contributed by atoms with Crippen molar-refractivity contribution >= 4 is 10.9 Å². The number of hydrogen-bond acceptors (Lipinski definition) is 1. The van der Waals surface area contributed by atoms with Crippen LogP contribution in [-0.4, -0.2) is 4.57 Å². The van der Waals surface area contributed by atoms with Crippen molar-refractivity contribution in [2.24, 2.45) is 0 Å². The molecule has 0 bridgehead atoms. The summed E-state index contributed by atoms with van der Waals surface area (Å²) in [6.45, 7) is 2.42. The Hall–Kier alpha value is -1.64. The summed E-state index contributed by atoms with van der Waals surface area (Å²) < 4.78 is 14.5. The maximum atomic E-state index is 13.0. The minimum Gasteiger partial charge on any atom is -0.308 e. The lowest BCUT2D eigenvalue weighted by Crippen LogP contribution is -2.17. The highest BCUT2D eigenvalue weighted by molar-refractivity contribution is 5.78. The molecule has 1 aromatic heterocycles. The Morgan fingerprint density at radius 1 is 1.29 bits per heavy atom. The molecule has 0 unspecified atom stereocenters. The second-order valence-electron chi connectivity index (χ2n) is 3.12. The molecule has 0 saturated carbocycles. The summed E-state index contributed by atoms with van der Waals surface area (Å²) in [5, 5.41) is 0.882. The summed E-state index contributed by atoms with van der Waals surface area (Å²) in [6.07, 6.45) is 0. The number of nitrogens with zero attached hydrogens (tertiary/aromatic N) is 1. The van der Waals surface area contributed by atoms with E-state index in [1.165, 1.54) is 18.2 Å². The minimum absolute atomic E-state index is 0.0920. The van der Waals surface area contributed by atoms with Crippen molar-refractivity contribution in [2.75, 3.05) is 0 Å². The highest BCUT2D eigenvalue weighted by Gasteiger charge is 2.01. The van der Waals surface area contributed by atoms with Gasteiger partial charge in [-0.1, -0.05) is 0 Å². The van der Waals surface area contributed by atoms with Crippen molar-refractivity contribution in [3.8, 4) is 0 Å². The van der Waals surface area contributed by atoms with Crippen LogP contribution in [0, 0.1) is 5.82 Å². The van der Waals surface area contributed by atoms with E-state index in [0.29, 0.717) is 12.1 Å². The van der Waals surface area contributed by atoms with Crippen LogP contribution in [0.5, 0.6) is 0 Å². The lowest BCUT2D eigenvalue weighted by atomic mass is 10.2. The van der Waals surface area contributed by atoms with Gasteiger partial charge in [0.25, 0.3) is 5.56 Å². The van der Waals surface area contributed by atoms with E-state index in [1.807, 2.05) is 6.92 Å². The van der Waals surface area contributed by atoms with Crippen molar-refractivity contribution in [3.63, 3.8) is 0 Å². The summed E-state index contributed by atoms with van der Waals surface area (Å²) in [5.41, 5.74) is 0.561. The molecule has 0 saturated heterocycles. The highest BCUT2D eigenvalue weighted by atomic mass is 19.1. The van der Waals surface area contributed by atoms with E-state index in [2.05, 4.69) is 0 Å². The van der Waals surface area contributed by atoms with Crippen LogP contribution in [0.4, 0.5) is 4.39 Å². The molecule has 0 radical (unpaired) electrons. The first-order valence-electron chi connectivity index (χ1n) is 4.51. The fourth-order valence-corrected chi connectivity index (χ4v) is 1.59. The van der Waals surface area contributed by atoms with E-state index in [9.17, 15) is 9.18 Å². The Kier molecular flexibility index (Phi) is 2.08. The number of aryl methyl sites for hydroxylation is 1. The molecule has 2 nitrogen and oxygen atoms in total. The fourth-order valence-electron chi connectivity index (χ4n) is 1.59. The molecular formula is C11H10FNO. The van der Waals surface area contributed by atoms with Gasteiger partial charge in [0.05, 0.1) is 5.52 Å². The first-order chi connectivity index (χ1) is 6.72. The Bertz CT molecular complexity index is 530. The van der Waals surface area contributed by atoms with E-state index < -0.39 is 0 Å². The molecule has 2 rings (SSSR count). The highest BCUT2D eigenvalue weighted by Crippen LogP contribution is 2.13. The lowest BCUT2D eigenvalue weighted by molar-refractivity contribution is 0.627. The zero-order chi connectivity index (χ0) is 10.1. The predicted molar refractivity (Wildman–Crippen MR) is 53.8 cm³/mol. The second-order valence-corrected chi connectivity index (χ2v) is 3.12. The average molecular weight is 191 g/mol. The van der Waals surface area contributed by atoms with Gasteiger partial charge in [-0.2, -0.15) is 0 Å². The topological polar surface area (TPSA) is 22.0 Å². The molecule has 3 heteroatoms. The zero-order valence-electron chi connectivity index (χ0n) is 7.83. The van der Waals surface area contributed by atoms with Crippen molar-refractivity contribution in [1.82, 2.24) is 4.57 Å². The number of aromatic nitrogens is 1. The number of hydrogen-bond donors (Lipinski definition) is 0. The molecule has 0 spiro atoms. The number of pyridine rings is 1. The number of fused-ring (bicyclic) bond motifs is 1. The van der Waals surface area contributed by atoms with E-state index in [0.717, 1.165) is 5.39 Å². The van der Waals surface area contributed by atoms with Gasteiger partial charge < -0.3 is 4.57 Å². The van der Waals surface area contributed by atoms with Crippen LogP contribution in [0.2, 0.25) is 0 Å². The van der Waals surface area contributed by atoms with Crippen LogP contribution >= 0.6 is 0 Å². The molecule has 1 heterocycles. The Balaban J connectivity index is 2.91. The third kappa shape index (κ3) is 1.31. The van der Waals surface area contributed by atoms with Crippen molar-refractivity contribution < 1.29 is 4.39 Å². The molecule has 0 aliphatic carbocycles. The SMILES string of the molecule is CCn1c(=O)ccc2ccc(F)cc21. The van der Waals surface area contributed by atoms with E-state index in [4.69, 9.17) is 0 Å². The molecular weight excluding hydrogens is 181 g/mol. The van der Waals surface area contributed by atoms with Crippen LogP contribution in [0.3, 0.4) is 0 Å². The fraction of sp³-hybridized carbons (Fsp3) is 0.182. The first kappa shape index (κ1) is 8.94. The maximum Gasteiger partial charge on any atom is 0.251 e. The van der Waals surface area contributed by atoms with Gasteiger partial charge >= 0.3 is 0 Å². The third-order valence-electron chi connectivity index (χ3n) is 2.27. The average Bonchev–Trinajstić information content (AvgIpc) is 2.17. The summed E-state index contributed by atoms with van der Waals surface area (Å²) in [6, 6.07) is 7.68. The van der Waals surface area contributed by atoms with Gasteiger partial charge in [0.2, 0.25) is 0 Å². The van der Waals surface area contributed by atoms with E-state index in [-0.39, 0.29) is 11.4 Å². The summed E-state index contributed by atoms with van der Waals surface area (Å²) >= 11 is 0. The smallest absolute Gasteiger partial charge is 0.251 e. The van der Waals surface area contributed by atoms with Gasteiger partial charge in [-0.3, -0.25) is 4.79 Å². The van der Waals surface area contributed by atoms with Crippen LogP contribution in [0.1, 0.15) is 6.92 Å². The van der Waals surface area contributed by atoms with Crippen LogP contribution in [0.15, 0.2) is 35.1 Å². The zero-order valence-corrected chi connectivity index (χ0v) is 7.83. The van der Waals surface area contributed by atoms with Gasteiger partial charge in [0, 0.05) is 12.6 Å². The van der Waals surface area contributed by atoms with Crippen molar-refractivity contribution in [3.05, 3.63) is 46.5 Å². The van der Waals surface area contributed by atoms with E-state index >= 15 is 0 Å². The molecule has 0 N–H and O–H groups in total. The molecule has 0 atom stereocenters. The van der Waals surface area contributed by atoms with Gasteiger partial charge in [-0.05, 0) is 36.6 Å². The van der Waals surface area contributed by atoms with Gasteiger partial charge in [0.15, 0.2) is 0 Å². The monoisotopic (exact) mass is 191 g/mol.